The molecule has 0 spiro atoms. The molecule has 3 fully saturated rings. The van der Waals surface area contributed by atoms with E-state index in [0.29, 0.717) is 12.0 Å². The van der Waals surface area contributed by atoms with E-state index in [9.17, 15) is 9.59 Å². The predicted molar refractivity (Wildman–Crippen MR) is 90.9 cm³/mol. The second-order valence-electron chi connectivity index (χ2n) is 7.31. The summed E-state index contributed by atoms with van der Waals surface area (Å²) in [6.45, 7) is 16.0. The molecular formula is C20H24O4. The minimum atomic E-state index is -0.469. The van der Waals surface area contributed by atoms with Gasteiger partial charge in [-0.2, -0.15) is 0 Å². The SMILES string of the molecule is C=C1CC(OC(=O)C=C(C)C)C2C(=C)C(=O)OC2C2C(=C)CCC12. The lowest BCUT2D eigenvalue weighted by atomic mass is 9.81. The van der Waals surface area contributed by atoms with Gasteiger partial charge in [-0.25, -0.2) is 9.59 Å². The average molecular weight is 328 g/mol. The van der Waals surface area contributed by atoms with Crippen LogP contribution in [0, 0.1) is 17.8 Å². The van der Waals surface area contributed by atoms with Crippen LogP contribution in [0.2, 0.25) is 0 Å². The van der Waals surface area contributed by atoms with Gasteiger partial charge in [0.05, 0.1) is 5.92 Å². The Kier molecular flexibility index (Phi) is 4.24. The molecule has 0 aromatic carbocycles. The largest absolute Gasteiger partial charge is 0.458 e. The van der Waals surface area contributed by atoms with E-state index >= 15 is 0 Å². The maximum atomic E-state index is 12.1. The first-order valence-electron chi connectivity index (χ1n) is 8.40. The van der Waals surface area contributed by atoms with Crippen molar-refractivity contribution < 1.29 is 19.1 Å². The van der Waals surface area contributed by atoms with Crippen molar-refractivity contribution >= 4 is 11.9 Å². The van der Waals surface area contributed by atoms with Crippen molar-refractivity contribution in [3.8, 4) is 0 Å². The summed E-state index contributed by atoms with van der Waals surface area (Å²) in [7, 11) is 0. The van der Waals surface area contributed by atoms with Crippen LogP contribution in [-0.4, -0.2) is 24.1 Å². The molecule has 5 unspecified atom stereocenters. The summed E-state index contributed by atoms with van der Waals surface area (Å²) in [6, 6.07) is 0. The molecule has 0 aromatic rings. The molecular weight excluding hydrogens is 304 g/mol. The molecule has 128 valence electrons. The number of rotatable bonds is 2. The number of hydrogen-bond donors (Lipinski definition) is 0. The van der Waals surface area contributed by atoms with Gasteiger partial charge in [0.1, 0.15) is 12.2 Å². The minimum Gasteiger partial charge on any atom is -0.458 e. The number of carbonyl (C=O) groups is 2. The van der Waals surface area contributed by atoms with E-state index in [4.69, 9.17) is 9.47 Å². The maximum absolute atomic E-state index is 12.1. The molecule has 0 radical (unpaired) electrons. The topological polar surface area (TPSA) is 52.6 Å². The Morgan fingerprint density at radius 2 is 1.92 bits per heavy atom. The van der Waals surface area contributed by atoms with Gasteiger partial charge < -0.3 is 9.47 Å². The molecule has 0 aromatic heterocycles. The highest BCUT2D eigenvalue weighted by Gasteiger charge is 2.54. The van der Waals surface area contributed by atoms with Crippen molar-refractivity contribution in [2.75, 3.05) is 0 Å². The normalized spacial score (nSPS) is 35.0. The van der Waals surface area contributed by atoms with E-state index in [1.54, 1.807) is 0 Å². The molecule has 0 amide bonds. The highest BCUT2D eigenvalue weighted by molar-refractivity contribution is 5.91. The van der Waals surface area contributed by atoms with Crippen LogP contribution in [0.4, 0.5) is 0 Å². The summed E-state index contributed by atoms with van der Waals surface area (Å²) in [5.41, 5.74) is 3.40. The smallest absolute Gasteiger partial charge is 0.334 e. The van der Waals surface area contributed by atoms with Crippen molar-refractivity contribution in [2.45, 2.75) is 45.3 Å². The third-order valence-electron chi connectivity index (χ3n) is 5.36. The summed E-state index contributed by atoms with van der Waals surface area (Å²) in [6.07, 6.45) is 3.06. The first-order chi connectivity index (χ1) is 11.3. The molecule has 5 atom stereocenters. The molecule has 1 heterocycles. The molecule has 3 rings (SSSR count). The summed E-state index contributed by atoms with van der Waals surface area (Å²) in [5.74, 6) is -0.828. The molecule has 2 aliphatic carbocycles. The number of fused-ring (bicyclic) bond motifs is 3. The number of esters is 2. The van der Waals surface area contributed by atoms with Gasteiger partial charge in [-0.05, 0) is 32.6 Å². The van der Waals surface area contributed by atoms with Crippen LogP contribution >= 0.6 is 0 Å². The Balaban J connectivity index is 1.95. The van der Waals surface area contributed by atoms with Crippen molar-refractivity contribution in [3.63, 3.8) is 0 Å². The molecule has 0 N–H and O–H groups in total. The monoisotopic (exact) mass is 328 g/mol. The zero-order chi connectivity index (χ0) is 17.6. The Labute approximate surface area is 142 Å². The average Bonchev–Trinajstić information content (AvgIpc) is 2.95. The highest BCUT2D eigenvalue weighted by atomic mass is 16.6. The zero-order valence-corrected chi connectivity index (χ0v) is 14.3. The number of carbonyl (C=O) groups excluding carboxylic acids is 2. The van der Waals surface area contributed by atoms with Crippen LogP contribution < -0.4 is 0 Å². The second-order valence-corrected chi connectivity index (χ2v) is 7.31. The van der Waals surface area contributed by atoms with E-state index in [1.165, 1.54) is 6.08 Å². The Morgan fingerprint density at radius 3 is 2.58 bits per heavy atom. The lowest BCUT2D eigenvalue weighted by Gasteiger charge is -2.28. The number of hydrogen-bond acceptors (Lipinski definition) is 4. The van der Waals surface area contributed by atoms with Crippen LogP contribution in [-0.2, 0) is 19.1 Å². The molecule has 3 aliphatic rings. The van der Waals surface area contributed by atoms with E-state index in [2.05, 4.69) is 19.7 Å². The fourth-order valence-corrected chi connectivity index (χ4v) is 4.30. The maximum Gasteiger partial charge on any atom is 0.334 e. The predicted octanol–water partition coefficient (Wildman–Crippen LogP) is 3.50. The summed E-state index contributed by atoms with van der Waals surface area (Å²) in [4.78, 5) is 24.2. The molecule has 1 saturated heterocycles. The molecule has 4 nitrogen and oxygen atoms in total. The van der Waals surface area contributed by atoms with Gasteiger partial charge >= 0.3 is 11.9 Å². The molecule has 0 bridgehead atoms. The second kappa shape index (κ2) is 6.08. The fourth-order valence-electron chi connectivity index (χ4n) is 4.30. The first-order valence-corrected chi connectivity index (χ1v) is 8.40. The van der Waals surface area contributed by atoms with Crippen LogP contribution in [0.1, 0.15) is 33.1 Å². The quantitative estimate of drug-likeness (QED) is 0.442. The van der Waals surface area contributed by atoms with Gasteiger partial charge in [-0.1, -0.05) is 36.5 Å². The van der Waals surface area contributed by atoms with Gasteiger partial charge in [-0.15, -0.1) is 0 Å². The number of ether oxygens (including phenoxy) is 2. The van der Waals surface area contributed by atoms with Crippen LogP contribution in [0.5, 0.6) is 0 Å². The van der Waals surface area contributed by atoms with Crippen LogP contribution in [0.25, 0.3) is 0 Å². The number of allylic oxidation sites excluding steroid dienone is 1. The van der Waals surface area contributed by atoms with E-state index in [-0.39, 0.29) is 29.8 Å². The van der Waals surface area contributed by atoms with Gasteiger partial charge in [0, 0.05) is 24.0 Å². The standard InChI is InChI=1S/C20H24O4/c1-10(2)8-16(21)23-15-9-12(4)14-7-6-11(3)17(14)19-18(15)13(5)20(22)24-19/h8,14-15,17-19H,3-7,9H2,1-2H3. The van der Waals surface area contributed by atoms with Gasteiger partial charge in [0.2, 0.25) is 0 Å². The van der Waals surface area contributed by atoms with E-state index in [1.807, 2.05) is 13.8 Å². The minimum absolute atomic E-state index is 0.0536. The Hall–Kier alpha value is -2.10. The lowest BCUT2D eigenvalue weighted by molar-refractivity contribution is -0.147. The van der Waals surface area contributed by atoms with Gasteiger partial charge in [0.15, 0.2) is 0 Å². The van der Waals surface area contributed by atoms with E-state index in [0.717, 1.165) is 29.6 Å². The Bertz CT molecular complexity index is 665. The summed E-state index contributed by atoms with van der Waals surface area (Å²) >= 11 is 0. The summed E-state index contributed by atoms with van der Waals surface area (Å²) in [5, 5.41) is 0. The zero-order valence-electron chi connectivity index (χ0n) is 14.3. The Morgan fingerprint density at radius 1 is 1.21 bits per heavy atom. The third-order valence-corrected chi connectivity index (χ3v) is 5.36. The van der Waals surface area contributed by atoms with Crippen molar-refractivity contribution in [1.29, 1.82) is 0 Å². The van der Waals surface area contributed by atoms with Crippen molar-refractivity contribution in [2.24, 2.45) is 17.8 Å². The molecule has 1 aliphatic heterocycles. The van der Waals surface area contributed by atoms with Crippen LogP contribution in [0.3, 0.4) is 0 Å². The van der Waals surface area contributed by atoms with Crippen molar-refractivity contribution in [3.05, 3.63) is 48.1 Å². The fraction of sp³-hybridized carbons (Fsp3) is 0.500. The molecule has 24 heavy (non-hydrogen) atoms. The lowest BCUT2D eigenvalue weighted by Crippen LogP contribution is -2.35. The third kappa shape index (κ3) is 2.74. The van der Waals surface area contributed by atoms with Gasteiger partial charge in [0.25, 0.3) is 0 Å². The van der Waals surface area contributed by atoms with Crippen LogP contribution in [0.15, 0.2) is 48.1 Å². The van der Waals surface area contributed by atoms with Gasteiger partial charge in [-0.3, -0.25) is 0 Å². The van der Waals surface area contributed by atoms with Crippen molar-refractivity contribution in [1.82, 2.24) is 0 Å². The summed E-state index contributed by atoms with van der Waals surface area (Å²) < 4.78 is 11.3. The first kappa shape index (κ1) is 16.7. The molecule has 2 saturated carbocycles. The molecule has 4 heteroatoms. The highest BCUT2D eigenvalue weighted by Crippen LogP contribution is 2.52. The van der Waals surface area contributed by atoms with E-state index < -0.39 is 12.1 Å².